The number of carbonyl (C=O) groups is 1. The highest BCUT2D eigenvalue weighted by Crippen LogP contribution is 2.29. The number of hydrogen-bond acceptors (Lipinski definition) is 6. The zero-order valence-electron chi connectivity index (χ0n) is 14.3. The van der Waals surface area contributed by atoms with Crippen LogP contribution < -0.4 is 10.2 Å². The van der Waals surface area contributed by atoms with Crippen molar-refractivity contribution in [2.45, 2.75) is 19.9 Å². The van der Waals surface area contributed by atoms with Crippen molar-refractivity contribution >= 4 is 35.0 Å². The van der Waals surface area contributed by atoms with Gasteiger partial charge in [0.05, 0.1) is 11.9 Å². The van der Waals surface area contributed by atoms with Gasteiger partial charge in [-0.3, -0.25) is 4.68 Å². The van der Waals surface area contributed by atoms with Crippen molar-refractivity contribution in [3.63, 3.8) is 0 Å². The average Bonchev–Trinajstić information content (AvgIpc) is 2.85. The van der Waals surface area contributed by atoms with Crippen molar-refractivity contribution in [3.05, 3.63) is 23.2 Å². The molecule has 3 rings (SSSR count). The number of hydrogen-bond donors (Lipinski definition) is 2. The van der Waals surface area contributed by atoms with E-state index in [1.165, 1.54) is 4.90 Å². The number of nitrogens with zero attached hydrogens (tertiary/aromatic N) is 6. The molecule has 0 spiro atoms. The number of nitrogens with one attached hydrogen (secondary N) is 1. The van der Waals surface area contributed by atoms with Crippen LogP contribution in [0.25, 0.3) is 0 Å². The Hall–Kier alpha value is -2.55. The van der Waals surface area contributed by atoms with Crippen LogP contribution in [0.2, 0.25) is 5.28 Å². The maximum absolute atomic E-state index is 11.2. The van der Waals surface area contributed by atoms with Crippen LogP contribution >= 0.6 is 11.6 Å². The summed E-state index contributed by atoms with van der Waals surface area (Å²) in [4.78, 5) is 23.1. The summed E-state index contributed by atoms with van der Waals surface area (Å²) in [5.74, 6) is 1.21. The van der Waals surface area contributed by atoms with Crippen LogP contribution in [0.15, 0.2) is 12.3 Å². The highest BCUT2D eigenvalue weighted by atomic mass is 35.5. The number of amides is 1. The van der Waals surface area contributed by atoms with Crippen molar-refractivity contribution < 1.29 is 9.90 Å². The van der Waals surface area contributed by atoms with Gasteiger partial charge in [-0.2, -0.15) is 10.1 Å². The summed E-state index contributed by atoms with van der Waals surface area (Å²) in [6.07, 6.45) is 0.748. The monoisotopic (exact) mass is 365 g/mol. The molecule has 134 valence electrons. The summed E-state index contributed by atoms with van der Waals surface area (Å²) in [6, 6.07) is 1.77. The van der Waals surface area contributed by atoms with Gasteiger partial charge in [-0.05, 0) is 25.4 Å². The lowest BCUT2D eigenvalue weighted by molar-refractivity contribution is 0.123. The third-order valence-corrected chi connectivity index (χ3v) is 4.50. The topological polar surface area (TPSA) is 99.4 Å². The third-order valence-electron chi connectivity index (χ3n) is 4.31. The van der Waals surface area contributed by atoms with E-state index in [-0.39, 0.29) is 11.3 Å². The van der Waals surface area contributed by atoms with Crippen LogP contribution in [0.4, 0.5) is 22.1 Å². The first-order valence-corrected chi connectivity index (χ1v) is 8.27. The molecule has 2 N–H and O–H groups in total. The number of aryl methyl sites for hydroxylation is 2. The lowest BCUT2D eigenvalue weighted by Gasteiger charge is -2.39. The summed E-state index contributed by atoms with van der Waals surface area (Å²) in [5.41, 5.74) is 1.78. The van der Waals surface area contributed by atoms with Crippen molar-refractivity contribution in [2.75, 3.05) is 29.9 Å². The second-order valence-corrected chi connectivity index (χ2v) is 6.40. The molecular formula is C15H20ClN7O2. The van der Waals surface area contributed by atoms with Crippen LogP contribution in [0.5, 0.6) is 0 Å². The van der Waals surface area contributed by atoms with E-state index in [1.807, 2.05) is 27.0 Å². The summed E-state index contributed by atoms with van der Waals surface area (Å²) in [6.45, 7) is 5.36. The average molecular weight is 366 g/mol. The Balaban J connectivity index is 1.85. The van der Waals surface area contributed by atoms with Gasteiger partial charge in [-0.15, -0.1) is 0 Å². The molecule has 1 amide bonds. The molecule has 3 heterocycles. The normalized spacial score (nSPS) is 17.7. The Morgan fingerprint density at radius 1 is 1.44 bits per heavy atom. The first-order valence-electron chi connectivity index (χ1n) is 7.90. The number of anilines is 3. The smallest absolute Gasteiger partial charge is 0.407 e. The summed E-state index contributed by atoms with van der Waals surface area (Å²) in [7, 11) is 1.86. The largest absolute Gasteiger partial charge is 0.465 e. The highest BCUT2D eigenvalue weighted by Gasteiger charge is 2.29. The predicted molar refractivity (Wildman–Crippen MR) is 94.7 cm³/mol. The molecule has 1 saturated heterocycles. The molecule has 0 aromatic carbocycles. The van der Waals surface area contributed by atoms with Crippen molar-refractivity contribution in [2.24, 2.45) is 7.05 Å². The second-order valence-electron chi connectivity index (χ2n) is 6.06. The van der Waals surface area contributed by atoms with E-state index in [9.17, 15) is 9.90 Å². The van der Waals surface area contributed by atoms with Gasteiger partial charge < -0.3 is 20.2 Å². The minimum Gasteiger partial charge on any atom is -0.465 e. The number of halogens is 1. The molecule has 0 unspecified atom stereocenters. The second kappa shape index (κ2) is 6.75. The zero-order chi connectivity index (χ0) is 18.1. The van der Waals surface area contributed by atoms with Gasteiger partial charge in [0.15, 0.2) is 11.6 Å². The number of piperazine rings is 1. The van der Waals surface area contributed by atoms with Crippen molar-refractivity contribution in [1.29, 1.82) is 0 Å². The van der Waals surface area contributed by atoms with E-state index < -0.39 is 6.09 Å². The molecule has 2 aromatic rings. The Morgan fingerprint density at radius 2 is 2.20 bits per heavy atom. The van der Waals surface area contributed by atoms with E-state index in [4.69, 9.17) is 11.6 Å². The summed E-state index contributed by atoms with van der Waals surface area (Å²) >= 11 is 5.96. The lowest BCUT2D eigenvalue weighted by atomic mass is 10.2. The fourth-order valence-corrected chi connectivity index (χ4v) is 3.01. The van der Waals surface area contributed by atoms with E-state index in [2.05, 4.69) is 25.3 Å². The van der Waals surface area contributed by atoms with Gasteiger partial charge >= 0.3 is 6.09 Å². The quantitative estimate of drug-likeness (QED) is 0.803. The zero-order valence-corrected chi connectivity index (χ0v) is 15.0. The van der Waals surface area contributed by atoms with E-state index in [0.29, 0.717) is 31.3 Å². The van der Waals surface area contributed by atoms with Gasteiger partial charge in [-0.1, -0.05) is 0 Å². The molecule has 0 aliphatic carbocycles. The number of aromatic nitrogens is 4. The standard InChI is InChI=1S/C15H20ClN7O2/c1-9-6-12(20-21(9)3)18-13-11(7-17-14(16)19-13)22-4-5-23(15(24)25)10(2)8-22/h6-7,10H,4-5,8H2,1-3H3,(H,24,25)(H,17,18,19,20)/t10-/m1/s1. The molecule has 25 heavy (non-hydrogen) atoms. The maximum Gasteiger partial charge on any atom is 0.407 e. The molecule has 9 nitrogen and oxygen atoms in total. The molecule has 0 saturated carbocycles. The molecule has 1 aliphatic heterocycles. The maximum atomic E-state index is 11.2. The molecule has 0 bridgehead atoms. The van der Waals surface area contributed by atoms with Gasteiger partial charge in [0, 0.05) is 44.5 Å². The highest BCUT2D eigenvalue weighted by molar-refractivity contribution is 6.28. The molecule has 1 atom stereocenters. The first-order chi connectivity index (χ1) is 11.8. The van der Waals surface area contributed by atoms with Gasteiger partial charge in [-0.25, -0.2) is 9.78 Å². The van der Waals surface area contributed by atoms with Crippen molar-refractivity contribution in [3.8, 4) is 0 Å². The van der Waals surface area contributed by atoms with Crippen LogP contribution in [-0.2, 0) is 7.05 Å². The molecule has 2 aromatic heterocycles. The Kier molecular flexibility index (Phi) is 4.67. The first kappa shape index (κ1) is 17.3. The number of rotatable bonds is 3. The van der Waals surface area contributed by atoms with Gasteiger partial charge in [0.25, 0.3) is 0 Å². The predicted octanol–water partition coefficient (Wildman–Crippen LogP) is 2.10. The van der Waals surface area contributed by atoms with E-state index >= 15 is 0 Å². The molecule has 1 aliphatic rings. The Labute approximate surface area is 150 Å². The fourth-order valence-electron chi connectivity index (χ4n) is 2.88. The molecule has 1 fully saturated rings. The third kappa shape index (κ3) is 3.60. The van der Waals surface area contributed by atoms with Crippen molar-refractivity contribution in [1.82, 2.24) is 24.6 Å². The minimum absolute atomic E-state index is 0.133. The lowest BCUT2D eigenvalue weighted by Crippen LogP contribution is -2.53. The van der Waals surface area contributed by atoms with Crippen LogP contribution in [0.1, 0.15) is 12.6 Å². The molecule has 0 radical (unpaired) electrons. The fraction of sp³-hybridized carbons (Fsp3) is 0.467. The van der Waals surface area contributed by atoms with E-state index in [1.54, 1.807) is 10.9 Å². The van der Waals surface area contributed by atoms with E-state index in [0.717, 1.165) is 11.4 Å². The van der Waals surface area contributed by atoms with Gasteiger partial charge in [0.1, 0.15) is 0 Å². The van der Waals surface area contributed by atoms with Crippen LogP contribution in [0, 0.1) is 6.92 Å². The van der Waals surface area contributed by atoms with Crippen LogP contribution in [0.3, 0.4) is 0 Å². The minimum atomic E-state index is -0.901. The SMILES string of the molecule is Cc1cc(Nc2nc(Cl)ncc2N2CCN(C(=O)O)[C@H](C)C2)nn1C. The molecule has 10 heteroatoms. The summed E-state index contributed by atoms with van der Waals surface area (Å²) in [5, 5.41) is 16.9. The Bertz CT molecular complexity index is 775. The molecular weight excluding hydrogens is 346 g/mol. The van der Waals surface area contributed by atoms with Crippen LogP contribution in [-0.4, -0.2) is 61.5 Å². The number of carboxylic acid groups (broad SMARTS) is 1. The Morgan fingerprint density at radius 3 is 2.80 bits per heavy atom. The summed E-state index contributed by atoms with van der Waals surface area (Å²) < 4.78 is 1.76. The van der Waals surface area contributed by atoms with Gasteiger partial charge in [0.2, 0.25) is 5.28 Å².